The smallest absolute Gasteiger partial charge is 0.177 e. The van der Waals surface area contributed by atoms with Crippen molar-refractivity contribution in [2.24, 2.45) is 0 Å². The molecule has 2 aromatic rings. The molecule has 5 heteroatoms. The van der Waals surface area contributed by atoms with Gasteiger partial charge in [0.1, 0.15) is 5.75 Å². The van der Waals surface area contributed by atoms with Gasteiger partial charge in [0.15, 0.2) is 10.9 Å². The molecule has 0 saturated heterocycles. The Kier molecular flexibility index (Phi) is 4.34. The number of nitrogens with zero attached hydrogens (tertiary/aromatic N) is 2. The van der Waals surface area contributed by atoms with Gasteiger partial charge in [-0.3, -0.25) is 0 Å². The number of hydrogen-bond donors (Lipinski definition) is 0. The van der Waals surface area contributed by atoms with Crippen molar-refractivity contribution in [3.05, 3.63) is 35.6 Å². The summed E-state index contributed by atoms with van der Waals surface area (Å²) in [6.07, 6.45) is 7.93. The fourth-order valence-corrected chi connectivity index (χ4v) is 2.90. The summed E-state index contributed by atoms with van der Waals surface area (Å²) < 4.78 is 12.8. The molecule has 0 N–H and O–H groups in total. The molecule has 112 valence electrons. The van der Waals surface area contributed by atoms with Crippen LogP contribution in [0.25, 0.3) is 5.69 Å². The van der Waals surface area contributed by atoms with Gasteiger partial charge >= 0.3 is 0 Å². The summed E-state index contributed by atoms with van der Waals surface area (Å²) in [6, 6.07) is 7.61. The first kappa shape index (κ1) is 14.3. The van der Waals surface area contributed by atoms with Crippen LogP contribution in [0.3, 0.4) is 0 Å². The molecule has 1 fully saturated rings. The molecule has 1 aromatic carbocycles. The minimum atomic E-state index is 0.268. The molecule has 1 heterocycles. The van der Waals surface area contributed by atoms with Crippen molar-refractivity contribution in [2.75, 3.05) is 7.11 Å². The Hall–Kier alpha value is -1.68. The summed E-state index contributed by atoms with van der Waals surface area (Å²) in [7, 11) is 1.64. The van der Waals surface area contributed by atoms with E-state index in [-0.39, 0.29) is 6.10 Å². The normalized spacial score (nSPS) is 15.9. The second-order valence-corrected chi connectivity index (χ2v) is 5.65. The van der Waals surface area contributed by atoms with Gasteiger partial charge in [0.2, 0.25) is 0 Å². The number of hydrogen-bond acceptors (Lipinski definition) is 3. The predicted molar refractivity (Wildman–Crippen MR) is 82.6 cm³/mol. The van der Waals surface area contributed by atoms with Gasteiger partial charge in [0, 0.05) is 0 Å². The Balaban J connectivity index is 1.77. The zero-order valence-corrected chi connectivity index (χ0v) is 12.8. The van der Waals surface area contributed by atoms with Crippen molar-refractivity contribution in [3.8, 4) is 17.2 Å². The highest BCUT2D eigenvalue weighted by Gasteiger charge is 2.19. The first-order valence-corrected chi connectivity index (χ1v) is 7.70. The van der Waals surface area contributed by atoms with E-state index in [0.29, 0.717) is 10.9 Å². The third kappa shape index (κ3) is 3.16. The van der Waals surface area contributed by atoms with E-state index in [1.54, 1.807) is 18.0 Å². The molecule has 0 radical (unpaired) electrons. The molecule has 1 aliphatic carbocycles. The van der Waals surface area contributed by atoms with E-state index < -0.39 is 0 Å². The highest BCUT2D eigenvalue weighted by Crippen LogP contribution is 2.31. The van der Waals surface area contributed by atoms with Crippen LogP contribution in [0, 0.1) is 0 Å². The number of benzene rings is 1. The number of ether oxygens (including phenoxy) is 2. The van der Waals surface area contributed by atoms with Crippen molar-refractivity contribution in [1.82, 2.24) is 9.78 Å². The Bertz CT molecular complexity index is 589. The van der Waals surface area contributed by atoms with E-state index in [0.717, 1.165) is 24.3 Å². The Morgan fingerprint density at radius 3 is 2.52 bits per heavy atom. The molecule has 1 aromatic heterocycles. The summed E-state index contributed by atoms with van der Waals surface area (Å²) in [5.74, 6) is 1.47. The Labute approximate surface area is 129 Å². The van der Waals surface area contributed by atoms with Crippen LogP contribution < -0.4 is 9.47 Å². The molecule has 21 heavy (non-hydrogen) atoms. The van der Waals surface area contributed by atoms with Gasteiger partial charge in [-0.2, -0.15) is 5.10 Å². The van der Waals surface area contributed by atoms with Crippen LogP contribution in [-0.2, 0) is 0 Å². The van der Waals surface area contributed by atoms with Crippen molar-refractivity contribution in [3.63, 3.8) is 0 Å². The number of rotatable bonds is 4. The molecule has 0 bridgehead atoms. The lowest BCUT2D eigenvalue weighted by Gasteiger charge is -2.22. The molecule has 1 aliphatic rings. The molecule has 1 saturated carbocycles. The first-order chi connectivity index (χ1) is 10.3. The lowest BCUT2D eigenvalue weighted by Crippen LogP contribution is -2.19. The Morgan fingerprint density at radius 1 is 1.14 bits per heavy atom. The molecule has 3 rings (SSSR count). The summed E-state index contributed by atoms with van der Waals surface area (Å²) in [6.45, 7) is 0. The van der Waals surface area contributed by atoms with Gasteiger partial charge in [0.05, 0.1) is 25.1 Å². The zero-order valence-electron chi connectivity index (χ0n) is 12.1. The topological polar surface area (TPSA) is 36.3 Å². The third-order valence-electron chi connectivity index (χ3n) is 3.84. The molecule has 0 spiro atoms. The van der Waals surface area contributed by atoms with E-state index in [9.17, 15) is 0 Å². The maximum absolute atomic E-state index is 6.40. The monoisotopic (exact) mass is 306 g/mol. The molecular weight excluding hydrogens is 288 g/mol. The minimum Gasteiger partial charge on any atom is -0.497 e. The number of aromatic nitrogens is 2. The molecular formula is C16H19ClN2O2. The van der Waals surface area contributed by atoms with Crippen molar-refractivity contribution < 1.29 is 9.47 Å². The Morgan fingerprint density at radius 2 is 1.86 bits per heavy atom. The number of halogens is 1. The third-order valence-corrected chi connectivity index (χ3v) is 4.19. The largest absolute Gasteiger partial charge is 0.497 e. The van der Waals surface area contributed by atoms with Gasteiger partial charge in [-0.05, 0) is 49.9 Å². The van der Waals surface area contributed by atoms with Crippen LogP contribution in [0.4, 0.5) is 0 Å². The maximum atomic E-state index is 6.40. The summed E-state index contributed by atoms with van der Waals surface area (Å²) in [4.78, 5) is 0. The molecule has 0 amide bonds. The highest BCUT2D eigenvalue weighted by atomic mass is 35.5. The van der Waals surface area contributed by atoms with Crippen LogP contribution in [0.15, 0.2) is 30.5 Å². The van der Waals surface area contributed by atoms with E-state index in [2.05, 4.69) is 5.10 Å². The first-order valence-electron chi connectivity index (χ1n) is 7.32. The maximum Gasteiger partial charge on any atom is 0.177 e. The zero-order chi connectivity index (χ0) is 14.7. The van der Waals surface area contributed by atoms with Crippen LogP contribution in [0.5, 0.6) is 11.5 Å². The SMILES string of the molecule is COc1ccc(-n2ncc(OC3CCCCC3)c2Cl)cc1. The van der Waals surface area contributed by atoms with Crippen LogP contribution in [-0.4, -0.2) is 23.0 Å². The highest BCUT2D eigenvalue weighted by molar-refractivity contribution is 6.31. The lowest BCUT2D eigenvalue weighted by atomic mass is 9.98. The quantitative estimate of drug-likeness (QED) is 0.847. The summed E-state index contributed by atoms with van der Waals surface area (Å²) >= 11 is 6.40. The minimum absolute atomic E-state index is 0.268. The molecule has 0 unspecified atom stereocenters. The predicted octanol–water partition coefficient (Wildman–Crippen LogP) is 4.25. The molecule has 0 atom stereocenters. The molecule has 4 nitrogen and oxygen atoms in total. The average Bonchev–Trinajstić information content (AvgIpc) is 2.89. The van der Waals surface area contributed by atoms with Crippen molar-refractivity contribution in [1.29, 1.82) is 0 Å². The second kappa shape index (κ2) is 6.39. The van der Waals surface area contributed by atoms with E-state index in [1.165, 1.54) is 19.3 Å². The van der Waals surface area contributed by atoms with Gasteiger partial charge in [-0.25, -0.2) is 4.68 Å². The average molecular weight is 307 g/mol. The van der Waals surface area contributed by atoms with Gasteiger partial charge in [-0.15, -0.1) is 0 Å². The lowest BCUT2D eigenvalue weighted by molar-refractivity contribution is 0.155. The van der Waals surface area contributed by atoms with Crippen molar-refractivity contribution >= 4 is 11.6 Å². The fourth-order valence-electron chi connectivity index (χ4n) is 2.66. The van der Waals surface area contributed by atoms with Gasteiger partial charge in [0.25, 0.3) is 0 Å². The van der Waals surface area contributed by atoms with Crippen molar-refractivity contribution in [2.45, 2.75) is 38.2 Å². The van der Waals surface area contributed by atoms with E-state index in [4.69, 9.17) is 21.1 Å². The number of methoxy groups -OCH3 is 1. The van der Waals surface area contributed by atoms with Crippen LogP contribution in [0.2, 0.25) is 5.15 Å². The summed E-state index contributed by atoms with van der Waals surface area (Å²) in [5, 5.41) is 4.85. The van der Waals surface area contributed by atoms with Crippen LogP contribution in [0.1, 0.15) is 32.1 Å². The van der Waals surface area contributed by atoms with E-state index >= 15 is 0 Å². The standard InChI is InChI=1S/C16H19ClN2O2/c1-20-13-9-7-12(8-10-13)19-16(17)15(11-18-19)21-14-5-3-2-4-6-14/h7-11,14H,2-6H2,1H3. The van der Waals surface area contributed by atoms with Crippen LogP contribution >= 0.6 is 11.6 Å². The summed E-state index contributed by atoms with van der Waals surface area (Å²) in [5.41, 5.74) is 0.888. The second-order valence-electron chi connectivity index (χ2n) is 5.29. The fraction of sp³-hybridized carbons (Fsp3) is 0.438. The van der Waals surface area contributed by atoms with Gasteiger partial charge < -0.3 is 9.47 Å². The van der Waals surface area contributed by atoms with Gasteiger partial charge in [-0.1, -0.05) is 18.0 Å². The van der Waals surface area contributed by atoms with E-state index in [1.807, 2.05) is 24.3 Å². The molecule has 0 aliphatic heterocycles.